The first-order valence-corrected chi connectivity index (χ1v) is 16.3. The van der Waals surface area contributed by atoms with Crippen LogP contribution in [0.15, 0.2) is 0 Å². The van der Waals surface area contributed by atoms with E-state index in [-0.39, 0.29) is 31.9 Å². The van der Waals surface area contributed by atoms with Gasteiger partial charge in [0.25, 0.3) is 0 Å². The number of aliphatic hydroxyl groups excluding tert-OH is 1. The van der Waals surface area contributed by atoms with Crippen molar-refractivity contribution in [2.45, 2.75) is 161 Å². The quantitative estimate of drug-likeness (QED) is 0.0517. The van der Waals surface area contributed by atoms with Gasteiger partial charge in [-0.05, 0) is 19.3 Å². The van der Waals surface area contributed by atoms with Crippen LogP contribution in [0, 0.1) is 0 Å². The average molecular weight is 558 g/mol. The Bertz CT molecular complexity index is 531. The van der Waals surface area contributed by atoms with Gasteiger partial charge < -0.3 is 24.6 Å². The predicted molar refractivity (Wildman–Crippen MR) is 160 cm³/mol. The number of carbonyl (C=O) groups excluding carboxylic acids is 2. The standard InChI is InChI=1S/C32H63NO6/c1-3-4-5-6-7-8-9-12-15-18-21-24-32(36)39-31(27-34)28-38-29-37-26-23-20-17-14-11-10-13-16-19-22-25-33-30(2)35/h31,34H,3-29H2,1-2H3,(H,33,35)/t31-/m1/s1. The summed E-state index contributed by atoms with van der Waals surface area (Å²) >= 11 is 0. The molecule has 1 atom stereocenters. The lowest BCUT2D eigenvalue weighted by atomic mass is 10.1. The fourth-order valence-corrected chi connectivity index (χ4v) is 4.61. The smallest absolute Gasteiger partial charge is 0.306 e. The lowest BCUT2D eigenvalue weighted by Gasteiger charge is -2.16. The number of carbonyl (C=O) groups is 2. The third-order valence-electron chi connectivity index (χ3n) is 7.05. The number of amides is 1. The fraction of sp³-hybridized carbons (Fsp3) is 0.938. The molecule has 0 unspecified atom stereocenters. The summed E-state index contributed by atoms with van der Waals surface area (Å²) in [6, 6.07) is 0. The maximum Gasteiger partial charge on any atom is 0.306 e. The SMILES string of the molecule is CCCCCCCCCCCCCC(=O)O[C@H](CO)COCOCCCCCCCCCCCCNC(C)=O. The molecule has 0 aromatic carbocycles. The van der Waals surface area contributed by atoms with Crippen LogP contribution in [-0.4, -0.2) is 56.2 Å². The monoisotopic (exact) mass is 557 g/mol. The Balaban J connectivity index is 3.39. The molecule has 7 heteroatoms. The first-order valence-electron chi connectivity index (χ1n) is 16.3. The second-order valence-corrected chi connectivity index (χ2v) is 11.0. The van der Waals surface area contributed by atoms with E-state index in [1.807, 2.05) is 0 Å². The molecular weight excluding hydrogens is 494 g/mol. The van der Waals surface area contributed by atoms with E-state index in [2.05, 4.69) is 12.2 Å². The minimum Gasteiger partial charge on any atom is -0.457 e. The molecule has 0 aliphatic carbocycles. The van der Waals surface area contributed by atoms with Crippen molar-refractivity contribution in [1.29, 1.82) is 0 Å². The van der Waals surface area contributed by atoms with Gasteiger partial charge in [0.15, 0.2) is 0 Å². The molecule has 0 aromatic rings. The van der Waals surface area contributed by atoms with Crippen LogP contribution in [0.1, 0.15) is 155 Å². The van der Waals surface area contributed by atoms with Crippen molar-refractivity contribution < 1.29 is 28.9 Å². The zero-order chi connectivity index (χ0) is 28.7. The first-order chi connectivity index (χ1) is 19.1. The summed E-state index contributed by atoms with van der Waals surface area (Å²) in [6.45, 7) is 5.37. The van der Waals surface area contributed by atoms with Gasteiger partial charge in [-0.2, -0.15) is 0 Å². The maximum absolute atomic E-state index is 12.0. The Morgan fingerprint density at radius 3 is 1.67 bits per heavy atom. The number of unbranched alkanes of at least 4 members (excludes halogenated alkanes) is 19. The zero-order valence-electron chi connectivity index (χ0n) is 25.7. The van der Waals surface area contributed by atoms with Crippen molar-refractivity contribution in [3.63, 3.8) is 0 Å². The van der Waals surface area contributed by atoms with Gasteiger partial charge >= 0.3 is 5.97 Å². The molecule has 2 N–H and O–H groups in total. The van der Waals surface area contributed by atoms with E-state index >= 15 is 0 Å². The lowest BCUT2D eigenvalue weighted by Crippen LogP contribution is -2.27. The summed E-state index contributed by atoms with van der Waals surface area (Å²) in [5.74, 6) is -0.192. The lowest BCUT2D eigenvalue weighted by molar-refractivity contribution is -0.159. The molecule has 0 saturated carbocycles. The summed E-state index contributed by atoms with van der Waals surface area (Å²) in [7, 11) is 0. The molecule has 232 valence electrons. The first kappa shape index (κ1) is 37.8. The highest BCUT2D eigenvalue weighted by atomic mass is 16.7. The fourth-order valence-electron chi connectivity index (χ4n) is 4.61. The van der Waals surface area contributed by atoms with E-state index in [1.54, 1.807) is 6.92 Å². The van der Waals surface area contributed by atoms with Gasteiger partial charge in [-0.1, -0.05) is 122 Å². The summed E-state index contributed by atoms with van der Waals surface area (Å²) in [5.41, 5.74) is 0. The molecule has 0 spiro atoms. The second-order valence-electron chi connectivity index (χ2n) is 11.0. The van der Waals surface area contributed by atoms with Gasteiger partial charge in [0.1, 0.15) is 12.9 Å². The minimum atomic E-state index is -0.619. The van der Waals surface area contributed by atoms with Gasteiger partial charge in [-0.25, -0.2) is 0 Å². The maximum atomic E-state index is 12.0. The molecule has 0 fully saturated rings. The van der Waals surface area contributed by atoms with Crippen LogP contribution >= 0.6 is 0 Å². The van der Waals surface area contributed by atoms with Crippen molar-refractivity contribution in [3.8, 4) is 0 Å². The number of esters is 1. The van der Waals surface area contributed by atoms with Crippen LogP contribution in [0.3, 0.4) is 0 Å². The molecular formula is C32H63NO6. The largest absolute Gasteiger partial charge is 0.457 e. The zero-order valence-corrected chi connectivity index (χ0v) is 25.7. The summed E-state index contributed by atoms with van der Waals surface area (Å²) in [4.78, 5) is 22.8. The Kier molecular flexibility index (Phi) is 30.4. The number of rotatable bonds is 31. The molecule has 7 nitrogen and oxygen atoms in total. The Hall–Kier alpha value is -1.18. The van der Waals surface area contributed by atoms with Crippen LogP contribution in [0.2, 0.25) is 0 Å². The summed E-state index contributed by atoms with van der Waals surface area (Å²) in [6.07, 6.45) is 25.6. The highest BCUT2D eigenvalue weighted by Crippen LogP contribution is 2.13. The molecule has 0 heterocycles. The highest BCUT2D eigenvalue weighted by Gasteiger charge is 2.13. The van der Waals surface area contributed by atoms with E-state index in [1.165, 1.54) is 103 Å². The molecule has 0 radical (unpaired) electrons. The molecule has 0 aliphatic heterocycles. The van der Waals surface area contributed by atoms with Gasteiger partial charge in [-0.15, -0.1) is 0 Å². The molecule has 0 rings (SSSR count). The van der Waals surface area contributed by atoms with Crippen LogP contribution in [0.5, 0.6) is 0 Å². The van der Waals surface area contributed by atoms with E-state index in [0.717, 1.165) is 38.6 Å². The molecule has 39 heavy (non-hydrogen) atoms. The number of hydrogen-bond acceptors (Lipinski definition) is 6. The number of ether oxygens (including phenoxy) is 3. The molecule has 0 aliphatic rings. The third-order valence-corrected chi connectivity index (χ3v) is 7.05. The van der Waals surface area contributed by atoms with Crippen molar-refractivity contribution in [2.75, 3.05) is 33.2 Å². The summed E-state index contributed by atoms with van der Waals surface area (Å²) < 4.78 is 16.3. The topological polar surface area (TPSA) is 94.1 Å². The number of nitrogens with one attached hydrogen (secondary N) is 1. The van der Waals surface area contributed by atoms with Crippen molar-refractivity contribution >= 4 is 11.9 Å². The third kappa shape index (κ3) is 31.2. The van der Waals surface area contributed by atoms with Gasteiger partial charge in [0.05, 0.1) is 13.2 Å². The minimum absolute atomic E-state index is 0.0611. The second kappa shape index (κ2) is 31.3. The van der Waals surface area contributed by atoms with E-state index in [0.29, 0.717) is 13.0 Å². The van der Waals surface area contributed by atoms with E-state index < -0.39 is 6.10 Å². The Morgan fingerprint density at radius 2 is 1.15 bits per heavy atom. The Labute approximate surface area is 240 Å². The summed E-state index contributed by atoms with van der Waals surface area (Å²) in [5, 5.41) is 12.3. The number of hydrogen-bond donors (Lipinski definition) is 2. The van der Waals surface area contributed by atoms with E-state index in [4.69, 9.17) is 14.2 Å². The van der Waals surface area contributed by atoms with E-state index in [9.17, 15) is 14.7 Å². The number of aliphatic hydroxyl groups is 1. The molecule has 0 saturated heterocycles. The van der Waals surface area contributed by atoms with Gasteiger partial charge in [0, 0.05) is 26.5 Å². The van der Waals surface area contributed by atoms with Crippen LogP contribution < -0.4 is 5.32 Å². The van der Waals surface area contributed by atoms with Crippen molar-refractivity contribution in [3.05, 3.63) is 0 Å². The van der Waals surface area contributed by atoms with Crippen LogP contribution in [0.25, 0.3) is 0 Å². The highest BCUT2D eigenvalue weighted by molar-refractivity contribution is 5.72. The molecule has 1 amide bonds. The normalized spacial score (nSPS) is 12.0. The van der Waals surface area contributed by atoms with Crippen LogP contribution in [-0.2, 0) is 23.8 Å². The van der Waals surface area contributed by atoms with Crippen LogP contribution in [0.4, 0.5) is 0 Å². The average Bonchev–Trinajstić information content (AvgIpc) is 2.92. The van der Waals surface area contributed by atoms with Gasteiger partial charge in [-0.3, -0.25) is 9.59 Å². The predicted octanol–water partition coefficient (Wildman–Crippen LogP) is 7.62. The van der Waals surface area contributed by atoms with Crippen molar-refractivity contribution in [1.82, 2.24) is 5.32 Å². The van der Waals surface area contributed by atoms with Gasteiger partial charge in [0.2, 0.25) is 5.91 Å². The molecule has 0 aromatic heterocycles. The molecule has 0 bridgehead atoms. The van der Waals surface area contributed by atoms with Crippen molar-refractivity contribution in [2.24, 2.45) is 0 Å². The Morgan fingerprint density at radius 1 is 0.667 bits per heavy atom.